The SMILES string of the molecule is Cc1cc(Cl)c(C(C)C)cc1Oc1c(CCl)c(C)nn1C. The molecule has 0 unspecified atom stereocenters. The quantitative estimate of drug-likeness (QED) is 0.708. The van der Waals surface area contributed by atoms with Crippen LogP contribution in [0.3, 0.4) is 0 Å². The fourth-order valence-corrected chi connectivity index (χ4v) is 3.03. The summed E-state index contributed by atoms with van der Waals surface area (Å²) in [5, 5.41) is 5.14. The normalized spacial score (nSPS) is 11.2. The first kappa shape index (κ1) is 16.2. The van der Waals surface area contributed by atoms with Gasteiger partial charge in [-0.3, -0.25) is 0 Å². The van der Waals surface area contributed by atoms with Gasteiger partial charge < -0.3 is 4.74 Å². The van der Waals surface area contributed by atoms with Gasteiger partial charge in [0.05, 0.1) is 17.1 Å². The lowest BCUT2D eigenvalue weighted by Crippen LogP contribution is -1.99. The molecule has 0 amide bonds. The topological polar surface area (TPSA) is 27.1 Å². The summed E-state index contributed by atoms with van der Waals surface area (Å²) in [6.07, 6.45) is 0. The zero-order chi connectivity index (χ0) is 15.7. The molecule has 0 radical (unpaired) electrons. The van der Waals surface area contributed by atoms with E-state index >= 15 is 0 Å². The maximum Gasteiger partial charge on any atom is 0.222 e. The molecule has 5 heteroatoms. The number of halogens is 2. The predicted molar refractivity (Wildman–Crippen MR) is 87.9 cm³/mol. The Bertz CT molecular complexity index is 663. The van der Waals surface area contributed by atoms with Crippen molar-refractivity contribution in [3.8, 4) is 11.6 Å². The number of aromatic nitrogens is 2. The third kappa shape index (κ3) is 3.19. The van der Waals surface area contributed by atoms with Crippen LogP contribution in [0, 0.1) is 13.8 Å². The van der Waals surface area contributed by atoms with E-state index in [9.17, 15) is 0 Å². The summed E-state index contributed by atoms with van der Waals surface area (Å²) in [4.78, 5) is 0. The Labute approximate surface area is 135 Å². The van der Waals surface area contributed by atoms with Gasteiger partial charge in [0.2, 0.25) is 5.88 Å². The third-order valence-electron chi connectivity index (χ3n) is 3.55. The molecule has 114 valence electrons. The molecular formula is C16H20Cl2N2O. The molecule has 1 heterocycles. The van der Waals surface area contributed by atoms with Crippen molar-refractivity contribution in [3.05, 3.63) is 39.5 Å². The lowest BCUT2D eigenvalue weighted by molar-refractivity contribution is 0.424. The van der Waals surface area contributed by atoms with Crippen molar-refractivity contribution < 1.29 is 4.74 Å². The number of rotatable bonds is 4. The summed E-state index contributed by atoms with van der Waals surface area (Å²) in [5.41, 5.74) is 3.87. The van der Waals surface area contributed by atoms with Crippen molar-refractivity contribution in [2.45, 2.75) is 39.5 Å². The summed E-state index contributed by atoms with van der Waals surface area (Å²) in [6.45, 7) is 8.13. The number of ether oxygens (including phenoxy) is 1. The van der Waals surface area contributed by atoms with E-state index in [1.54, 1.807) is 4.68 Å². The van der Waals surface area contributed by atoms with Crippen LogP contribution < -0.4 is 4.74 Å². The van der Waals surface area contributed by atoms with Gasteiger partial charge in [-0.2, -0.15) is 5.10 Å². The fraction of sp³-hybridized carbons (Fsp3) is 0.438. The maximum atomic E-state index is 6.30. The molecule has 21 heavy (non-hydrogen) atoms. The van der Waals surface area contributed by atoms with Gasteiger partial charge in [-0.05, 0) is 43.0 Å². The van der Waals surface area contributed by atoms with E-state index < -0.39 is 0 Å². The molecular weight excluding hydrogens is 307 g/mol. The van der Waals surface area contributed by atoms with E-state index in [-0.39, 0.29) is 0 Å². The first-order valence-electron chi connectivity index (χ1n) is 6.91. The lowest BCUT2D eigenvalue weighted by atomic mass is 10.0. The van der Waals surface area contributed by atoms with Crippen LogP contribution in [-0.4, -0.2) is 9.78 Å². The molecule has 0 aliphatic rings. The van der Waals surface area contributed by atoms with E-state index in [0.29, 0.717) is 17.7 Å². The van der Waals surface area contributed by atoms with Crippen molar-refractivity contribution in [1.82, 2.24) is 9.78 Å². The molecule has 0 fully saturated rings. The molecule has 1 aromatic carbocycles. The largest absolute Gasteiger partial charge is 0.439 e. The fourth-order valence-electron chi connectivity index (χ4n) is 2.29. The minimum atomic E-state index is 0.334. The minimum Gasteiger partial charge on any atom is -0.439 e. The standard InChI is InChI=1S/C16H20Cl2N2O/c1-9(2)12-7-15(10(3)6-14(12)18)21-16-13(8-17)11(4)19-20(16)5/h6-7,9H,8H2,1-5H3. The molecule has 2 aromatic rings. The van der Waals surface area contributed by atoms with Crippen molar-refractivity contribution in [1.29, 1.82) is 0 Å². The second-order valence-corrected chi connectivity index (χ2v) is 6.20. The molecule has 1 aromatic heterocycles. The average molecular weight is 327 g/mol. The van der Waals surface area contributed by atoms with Crippen molar-refractivity contribution >= 4 is 23.2 Å². The first-order valence-corrected chi connectivity index (χ1v) is 7.82. The number of aryl methyl sites for hydroxylation is 3. The highest BCUT2D eigenvalue weighted by atomic mass is 35.5. The Hall–Kier alpha value is -1.19. The monoisotopic (exact) mass is 326 g/mol. The van der Waals surface area contributed by atoms with E-state index in [2.05, 4.69) is 18.9 Å². The molecule has 0 saturated carbocycles. The number of hydrogen-bond donors (Lipinski definition) is 0. The number of hydrogen-bond acceptors (Lipinski definition) is 2. The summed E-state index contributed by atoms with van der Waals surface area (Å²) in [5.74, 6) is 2.18. The second kappa shape index (κ2) is 6.29. The molecule has 0 aliphatic heterocycles. The third-order valence-corrected chi connectivity index (χ3v) is 4.14. The average Bonchev–Trinajstić information content (AvgIpc) is 2.66. The smallest absolute Gasteiger partial charge is 0.222 e. The Balaban J connectivity index is 2.47. The van der Waals surface area contributed by atoms with Gasteiger partial charge in [0, 0.05) is 12.1 Å². The molecule has 0 aliphatic carbocycles. The van der Waals surface area contributed by atoms with Gasteiger partial charge in [-0.15, -0.1) is 11.6 Å². The maximum absolute atomic E-state index is 6.30. The minimum absolute atomic E-state index is 0.334. The summed E-state index contributed by atoms with van der Waals surface area (Å²) >= 11 is 12.3. The summed E-state index contributed by atoms with van der Waals surface area (Å²) in [6, 6.07) is 3.94. The van der Waals surface area contributed by atoms with Crippen LogP contribution in [0.1, 0.15) is 42.1 Å². The Morgan fingerprint density at radius 2 is 1.95 bits per heavy atom. The molecule has 0 saturated heterocycles. The van der Waals surface area contributed by atoms with E-state index in [1.807, 2.05) is 33.0 Å². The van der Waals surface area contributed by atoms with Crippen molar-refractivity contribution in [2.75, 3.05) is 0 Å². The second-order valence-electron chi connectivity index (χ2n) is 5.52. The van der Waals surface area contributed by atoms with Crippen molar-refractivity contribution in [2.24, 2.45) is 7.05 Å². The Morgan fingerprint density at radius 1 is 1.29 bits per heavy atom. The molecule has 3 nitrogen and oxygen atoms in total. The van der Waals surface area contributed by atoms with E-state index in [1.165, 1.54) is 0 Å². The predicted octanol–water partition coefficient (Wildman–Crippen LogP) is 5.34. The van der Waals surface area contributed by atoms with Crippen LogP contribution in [0.25, 0.3) is 0 Å². The zero-order valence-corrected chi connectivity index (χ0v) is 14.5. The van der Waals surface area contributed by atoms with Gasteiger partial charge in [0.25, 0.3) is 0 Å². The molecule has 0 bridgehead atoms. The number of benzene rings is 1. The summed E-state index contributed by atoms with van der Waals surface area (Å²) < 4.78 is 7.80. The van der Waals surface area contributed by atoms with Crippen LogP contribution in [-0.2, 0) is 12.9 Å². The van der Waals surface area contributed by atoms with E-state index in [4.69, 9.17) is 27.9 Å². The van der Waals surface area contributed by atoms with Crippen LogP contribution in [0.4, 0.5) is 0 Å². The van der Waals surface area contributed by atoms with Crippen LogP contribution in [0.2, 0.25) is 5.02 Å². The Morgan fingerprint density at radius 3 is 2.52 bits per heavy atom. The molecule has 0 N–H and O–H groups in total. The molecule has 0 atom stereocenters. The van der Waals surface area contributed by atoms with E-state index in [0.717, 1.165) is 33.2 Å². The van der Waals surface area contributed by atoms with Crippen LogP contribution >= 0.6 is 23.2 Å². The number of nitrogens with zero attached hydrogens (tertiary/aromatic N) is 2. The molecule has 0 spiro atoms. The Kier molecular flexibility index (Phi) is 4.84. The van der Waals surface area contributed by atoms with Crippen LogP contribution in [0.5, 0.6) is 11.6 Å². The highest BCUT2D eigenvalue weighted by Crippen LogP contribution is 2.35. The lowest BCUT2D eigenvalue weighted by Gasteiger charge is -2.15. The number of alkyl halides is 1. The first-order chi connectivity index (χ1) is 9.85. The zero-order valence-electron chi connectivity index (χ0n) is 13.0. The van der Waals surface area contributed by atoms with Gasteiger partial charge >= 0.3 is 0 Å². The highest BCUT2D eigenvalue weighted by molar-refractivity contribution is 6.31. The van der Waals surface area contributed by atoms with Gasteiger partial charge in [-0.1, -0.05) is 25.4 Å². The van der Waals surface area contributed by atoms with Crippen LogP contribution in [0.15, 0.2) is 12.1 Å². The van der Waals surface area contributed by atoms with Gasteiger partial charge in [0.1, 0.15) is 5.75 Å². The van der Waals surface area contributed by atoms with Gasteiger partial charge in [-0.25, -0.2) is 4.68 Å². The summed E-state index contributed by atoms with van der Waals surface area (Å²) in [7, 11) is 1.85. The van der Waals surface area contributed by atoms with Crippen molar-refractivity contribution in [3.63, 3.8) is 0 Å². The highest BCUT2D eigenvalue weighted by Gasteiger charge is 2.17. The van der Waals surface area contributed by atoms with Gasteiger partial charge in [0.15, 0.2) is 0 Å². The molecule has 2 rings (SSSR count).